The van der Waals surface area contributed by atoms with Gasteiger partial charge < -0.3 is 10.0 Å². The molecule has 92 valence electrons. The highest BCUT2D eigenvalue weighted by Crippen LogP contribution is 2.22. The zero-order valence-electron chi connectivity index (χ0n) is 10.3. The van der Waals surface area contributed by atoms with Crippen molar-refractivity contribution in [3.63, 3.8) is 0 Å². The Morgan fingerprint density at radius 3 is 2.69 bits per heavy atom. The Morgan fingerprint density at radius 2 is 2.19 bits per heavy atom. The van der Waals surface area contributed by atoms with Crippen LogP contribution in [-0.4, -0.2) is 41.4 Å². The molecule has 1 rings (SSSR count). The summed E-state index contributed by atoms with van der Waals surface area (Å²) < 4.78 is 0. The molecule has 1 fully saturated rings. The van der Waals surface area contributed by atoms with E-state index in [0.717, 1.165) is 6.42 Å². The van der Waals surface area contributed by atoms with Crippen molar-refractivity contribution in [2.24, 2.45) is 11.3 Å². The summed E-state index contributed by atoms with van der Waals surface area (Å²) in [6.45, 7) is 7.40. The quantitative estimate of drug-likeness (QED) is 0.788. The van der Waals surface area contributed by atoms with Crippen LogP contribution in [0.4, 0.5) is 0 Å². The molecule has 0 aliphatic carbocycles. The molecule has 1 aliphatic heterocycles. The molecule has 16 heavy (non-hydrogen) atoms. The highest BCUT2D eigenvalue weighted by Gasteiger charge is 2.33. The molecule has 1 heterocycles. The van der Waals surface area contributed by atoms with Crippen LogP contribution >= 0.6 is 0 Å². The minimum Gasteiger partial charge on any atom is -0.481 e. The fourth-order valence-corrected chi connectivity index (χ4v) is 2.10. The van der Waals surface area contributed by atoms with Crippen molar-refractivity contribution in [2.45, 2.75) is 33.6 Å². The van der Waals surface area contributed by atoms with E-state index in [1.54, 1.807) is 13.8 Å². The molecule has 1 atom stereocenters. The van der Waals surface area contributed by atoms with E-state index in [4.69, 9.17) is 5.11 Å². The number of carbonyl (C=O) groups is 2. The van der Waals surface area contributed by atoms with Gasteiger partial charge in [-0.25, -0.2) is 0 Å². The van der Waals surface area contributed by atoms with Crippen LogP contribution in [0.5, 0.6) is 0 Å². The van der Waals surface area contributed by atoms with E-state index >= 15 is 0 Å². The number of carbonyl (C=O) groups excluding carboxylic acids is 1. The summed E-state index contributed by atoms with van der Waals surface area (Å²) in [6.07, 6.45) is 1.41. The first kappa shape index (κ1) is 13.2. The Kier molecular flexibility index (Phi) is 4.08. The number of rotatable bonds is 4. The molecule has 0 bridgehead atoms. The SMILES string of the molecule is CCC1CN(CC(C)(C)C(=O)O)CCC1=O. The van der Waals surface area contributed by atoms with Crippen molar-refractivity contribution in [1.82, 2.24) is 4.90 Å². The Balaban J connectivity index is 2.57. The molecule has 1 aliphatic rings. The molecular weight excluding hydrogens is 206 g/mol. The number of aliphatic carboxylic acids is 1. The summed E-state index contributed by atoms with van der Waals surface area (Å²) in [5, 5.41) is 9.05. The summed E-state index contributed by atoms with van der Waals surface area (Å²) in [6, 6.07) is 0. The molecule has 0 saturated carbocycles. The Labute approximate surface area is 96.6 Å². The zero-order valence-corrected chi connectivity index (χ0v) is 10.3. The van der Waals surface area contributed by atoms with Gasteiger partial charge in [-0.3, -0.25) is 9.59 Å². The lowest BCUT2D eigenvalue weighted by atomic mass is 9.89. The molecule has 0 aromatic rings. The molecule has 0 amide bonds. The number of hydrogen-bond donors (Lipinski definition) is 1. The van der Waals surface area contributed by atoms with E-state index in [9.17, 15) is 9.59 Å². The van der Waals surface area contributed by atoms with Crippen LogP contribution in [0.1, 0.15) is 33.6 Å². The predicted molar refractivity (Wildman–Crippen MR) is 61.3 cm³/mol. The number of carboxylic acids is 1. The maximum Gasteiger partial charge on any atom is 0.310 e. The van der Waals surface area contributed by atoms with Gasteiger partial charge in [-0.2, -0.15) is 0 Å². The van der Waals surface area contributed by atoms with Crippen LogP contribution in [0, 0.1) is 11.3 Å². The van der Waals surface area contributed by atoms with Crippen LogP contribution in [0.25, 0.3) is 0 Å². The lowest BCUT2D eigenvalue weighted by Gasteiger charge is -2.35. The summed E-state index contributed by atoms with van der Waals surface area (Å²) in [5.74, 6) is -0.359. The standard InChI is InChI=1S/C12H21NO3/c1-4-9-7-13(6-5-10(9)14)8-12(2,3)11(15)16/h9H,4-8H2,1-3H3,(H,15,16). The Morgan fingerprint density at radius 1 is 1.56 bits per heavy atom. The van der Waals surface area contributed by atoms with Gasteiger partial charge in [0.1, 0.15) is 5.78 Å². The van der Waals surface area contributed by atoms with Crippen molar-refractivity contribution in [3.05, 3.63) is 0 Å². The summed E-state index contributed by atoms with van der Waals surface area (Å²) in [7, 11) is 0. The smallest absolute Gasteiger partial charge is 0.310 e. The van der Waals surface area contributed by atoms with Crippen molar-refractivity contribution in [3.8, 4) is 0 Å². The molecule has 0 aromatic carbocycles. The molecule has 1 N–H and O–H groups in total. The second-order valence-electron chi connectivity index (χ2n) is 5.25. The van der Waals surface area contributed by atoms with Gasteiger partial charge >= 0.3 is 5.97 Å². The average molecular weight is 227 g/mol. The van der Waals surface area contributed by atoms with Crippen LogP contribution in [0.2, 0.25) is 0 Å². The fourth-order valence-electron chi connectivity index (χ4n) is 2.10. The number of carboxylic acid groups (broad SMARTS) is 1. The molecule has 4 heteroatoms. The first-order valence-corrected chi connectivity index (χ1v) is 5.85. The molecule has 0 aromatic heterocycles. The summed E-state index contributed by atoms with van der Waals surface area (Å²) >= 11 is 0. The number of likely N-dealkylation sites (tertiary alicyclic amines) is 1. The minimum atomic E-state index is -0.780. The lowest BCUT2D eigenvalue weighted by molar-refractivity contribution is -0.148. The predicted octanol–water partition coefficient (Wildman–Crippen LogP) is 1.40. The van der Waals surface area contributed by atoms with Crippen molar-refractivity contribution in [2.75, 3.05) is 19.6 Å². The third-order valence-corrected chi connectivity index (χ3v) is 3.30. The summed E-state index contributed by atoms with van der Waals surface area (Å²) in [4.78, 5) is 24.6. The number of hydrogen-bond acceptors (Lipinski definition) is 3. The molecule has 0 radical (unpaired) electrons. The van der Waals surface area contributed by atoms with E-state index in [1.165, 1.54) is 0 Å². The van der Waals surface area contributed by atoms with Gasteiger partial charge in [0.25, 0.3) is 0 Å². The second kappa shape index (κ2) is 4.95. The third-order valence-electron chi connectivity index (χ3n) is 3.30. The van der Waals surface area contributed by atoms with Crippen molar-refractivity contribution >= 4 is 11.8 Å². The fraction of sp³-hybridized carbons (Fsp3) is 0.833. The number of piperidine rings is 1. The van der Waals surface area contributed by atoms with Gasteiger partial charge in [0.05, 0.1) is 5.41 Å². The van der Waals surface area contributed by atoms with Crippen LogP contribution in [-0.2, 0) is 9.59 Å². The topological polar surface area (TPSA) is 57.6 Å². The highest BCUT2D eigenvalue weighted by atomic mass is 16.4. The molecular formula is C12H21NO3. The van der Waals surface area contributed by atoms with Gasteiger partial charge in [0.15, 0.2) is 0 Å². The summed E-state index contributed by atoms with van der Waals surface area (Å²) in [5.41, 5.74) is -0.737. The lowest BCUT2D eigenvalue weighted by Crippen LogP contribution is -2.46. The molecule has 4 nitrogen and oxygen atoms in total. The Bertz CT molecular complexity index is 286. The number of ketones is 1. The van der Waals surface area contributed by atoms with Crippen molar-refractivity contribution in [1.29, 1.82) is 0 Å². The average Bonchev–Trinajstić information content (AvgIpc) is 2.20. The van der Waals surface area contributed by atoms with Gasteiger partial charge in [-0.05, 0) is 20.3 Å². The molecule has 1 unspecified atom stereocenters. The second-order valence-corrected chi connectivity index (χ2v) is 5.25. The highest BCUT2D eigenvalue weighted by molar-refractivity contribution is 5.82. The van der Waals surface area contributed by atoms with E-state index in [0.29, 0.717) is 31.8 Å². The maximum atomic E-state index is 11.5. The van der Waals surface area contributed by atoms with E-state index in [2.05, 4.69) is 4.90 Å². The van der Waals surface area contributed by atoms with Gasteiger partial charge in [-0.15, -0.1) is 0 Å². The monoisotopic (exact) mass is 227 g/mol. The van der Waals surface area contributed by atoms with Gasteiger partial charge in [0, 0.05) is 32.0 Å². The first-order valence-electron chi connectivity index (χ1n) is 5.85. The third kappa shape index (κ3) is 3.04. The van der Waals surface area contributed by atoms with Crippen molar-refractivity contribution < 1.29 is 14.7 Å². The minimum absolute atomic E-state index is 0.0957. The number of Topliss-reactive ketones (excluding diaryl/α,β-unsaturated/α-hetero) is 1. The number of nitrogens with zero attached hydrogens (tertiary/aromatic N) is 1. The molecule has 1 saturated heterocycles. The van der Waals surface area contributed by atoms with E-state index in [-0.39, 0.29) is 5.92 Å². The largest absolute Gasteiger partial charge is 0.481 e. The first-order chi connectivity index (χ1) is 7.36. The normalized spacial score (nSPS) is 23.4. The van der Waals surface area contributed by atoms with Gasteiger partial charge in [-0.1, -0.05) is 6.92 Å². The van der Waals surface area contributed by atoms with Gasteiger partial charge in [0.2, 0.25) is 0 Å². The zero-order chi connectivity index (χ0) is 12.3. The Hall–Kier alpha value is -0.900. The molecule has 0 spiro atoms. The van der Waals surface area contributed by atoms with Crippen LogP contribution in [0.15, 0.2) is 0 Å². The van der Waals surface area contributed by atoms with E-state index < -0.39 is 11.4 Å². The van der Waals surface area contributed by atoms with Crippen LogP contribution < -0.4 is 0 Å². The van der Waals surface area contributed by atoms with Crippen LogP contribution in [0.3, 0.4) is 0 Å². The van der Waals surface area contributed by atoms with E-state index in [1.807, 2.05) is 6.92 Å². The maximum absolute atomic E-state index is 11.5.